The molecule has 2 rings (SSSR count). The Bertz CT molecular complexity index is 97.9. The molecule has 2 saturated heterocycles. The highest BCUT2D eigenvalue weighted by molar-refractivity contribution is 4.55. The largest absolute Gasteiger partial charge is 0.381 e. The van der Waals surface area contributed by atoms with Gasteiger partial charge in [-0.05, 0) is 31.6 Å². The fraction of sp³-hybridized carbons (Fsp3) is 1.00. The quantitative estimate of drug-likeness (QED) is 0.618. The highest BCUT2D eigenvalue weighted by Gasteiger charge is 2.06. The Morgan fingerprint density at radius 3 is 1.35 bits per heavy atom. The average molecular weight is 246 g/mol. The van der Waals surface area contributed by atoms with Gasteiger partial charge in [0, 0.05) is 26.4 Å². The van der Waals surface area contributed by atoms with Crippen molar-refractivity contribution in [3.8, 4) is 0 Å². The van der Waals surface area contributed by atoms with Crippen molar-refractivity contribution < 1.29 is 9.47 Å². The van der Waals surface area contributed by atoms with E-state index in [2.05, 4.69) is 20.8 Å². The summed E-state index contributed by atoms with van der Waals surface area (Å²) in [5, 5.41) is 0. The van der Waals surface area contributed by atoms with Gasteiger partial charge in [-0.15, -0.1) is 0 Å². The highest BCUT2D eigenvalue weighted by Crippen LogP contribution is 2.11. The van der Waals surface area contributed by atoms with Crippen LogP contribution in [0.15, 0.2) is 0 Å². The summed E-state index contributed by atoms with van der Waals surface area (Å²) in [5.74, 6) is 0.911. The zero-order chi connectivity index (χ0) is 13.4. The normalized spacial score (nSPS) is 18.9. The molecule has 0 saturated carbocycles. The predicted molar refractivity (Wildman–Crippen MR) is 76.6 cm³/mol. The van der Waals surface area contributed by atoms with Gasteiger partial charge in [0.15, 0.2) is 0 Å². The second-order valence-electron chi connectivity index (χ2n) is 4.32. The molecular formula is C15H34O2. The molecule has 2 nitrogen and oxygen atoms in total. The molecule has 0 aliphatic carbocycles. The van der Waals surface area contributed by atoms with Gasteiger partial charge in [-0.25, -0.2) is 0 Å². The van der Waals surface area contributed by atoms with Crippen molar-refractivity contribution in [2.24, 2.45) is 5.92 Å². The van der Waals surface area contributed by atoms with Crippen LogP contribution in [0.5, 0.6) is 0 Å². The van der Waals surface area contributed by atoms with Gasteiger partial charge in [0.05, 0.1) is 0 Å². The second kappa shape index (κ2) is 18.3. The van der Waals surface area contributed by atoms with Crippen molar-refractivity contribution in [1.82, 2.24) is 0 Å². The number of hydrogen-bond acceptors (Lipinski definition) is 2. The first kappa shape index (κ1) is 19.3. The molecule has 0 spiro atoms. The first-order valence-corrected chi connectivity index (χ1v) is 7.46. The third kappa shape index (κ3) is 18.5. The molecular weight excluding hydrogens is 212 g/mol. The number of hydrogen-bond donors (Lipinski definition) is 0. The monoisotopic (exact) mass is 246 g/mol. The maximum Gasteiger partial charge on any atom is 0.0468 e. The minimum atomic E-state index is 0.911. The molecule has 0 aromatic carbocycles. The van der Waals surface area contributed by atoms with Crippen LogP contribution in [-0.4, -0.2) is 26.4 Å². The van der Waals surface area contributed by atoms with Crippen LogP contribution in [0.3, 0.4) is 0 Å². The summed E-state index contributed by atoms with van der Waals surface area (Å²) >= 11 is 0. The minimum absolute atomic E-state index is 0.911. The Morgan fingerprint density at radius 1 is 0.824 bits per heavy atom. The van der Waals surface area contributed by atoms with Gasteiger partial charge in [0.1, 0.15) is 0 Å². The fourth-order valence-electron chi connectivity index (χ4n) is 1.33. The lowest BCUT2D eigenvalue weighted by Crippen LogP contribution is -2.12. The van der Waals surface area contributed by atoms with E-state index in [1.807, 2.05) is 13.8 Å². The van der Waals surface area contributed by atoms with Crippen LogP contribution in [0.2, 0.25) is 0 Å². The summed E-state index contributed by atoms with van der Waals surface area (Å²) in [5.41, 5.74) is 0. The molecule has 0 unspecified atom stereocenters. The van der Waals surface area contributed by atoms with E-state index >= 15 is 0 Å². The van der Waals surface area contributed by atoms with Gasteiger partial charge in [-0.3, -0.25) is 0 Å². The lowest BCUT2D eigenvalue weighted by Gasteiger charge is -2.16. The van der Waals surface area contributed by atoms with E-state index in [0.717, 1.165) is 32.3 Å². The Labute approximate surface area is 109 Å². The summed E-state index contributed by atoms with van der Waals surface area (Å²) in [6.07, 6.45) is 6.33. The van der Waals surface area contributed by atoms with E-state index in [9.17, 15) is 0 Å². The fourth-order valence-corrected chi connectivity index (χ4v) is 1.33. The van der Waals surface area contributed by atoms with Crippen molar-refractivity contribution in [2.45, 2.75) is 66.7 Å². The van der Waals surface area contributed by atoms with Gasteiger partial charge in [0.2, 0.25) is 0 Å². The summed E-state index contributed by atoms with van der Waals surface area (Å²) in [6.45, 7) is 14.5. The van der Waals surface area contributed by atoms with E-state index in [1.54, 1.807) is 0 Å². The summed E-state index contributed by atoms with van der Waals surface area (Å²) in [4.78, 5) is 0. The van der Waals surface area contributed by atoms with Crippen LogP contribution in [0, 0.1) is 5.92 Å². The molecule has 0 bridgehead atoms. The maximum absolute atomic E-state index is 5.14. The highest BCUT2D eigenvalue weighted by atomic mass is 16.5. The molecule has 106 valence electrons. The molecule has 2 fully saturated rings. The summed E-state index contributed by atoms with van der Waals surface area (Å²) < 4.78 is 10.1. The van der Waals surface area contributed by atoms with Gasteiger partial charge >= 0.3 is 0 Å². The molecule has 0 aromatic rings. The Kier molecular flexibility index (Phi) is 20.7. The zero-order valence-electron chi connectivity index (χ0n) is 12.8. The molecule has 2 heteroatoms. The third-order valence-corrected chi connectivity index (χ3v) is 2.34. The van der Waals surface area contributed by atoms with Crippen LogP contribution in [0.25, 0.3) is 0 Å². The van der Waals surface area contributed by atoms with Gasteiger partial charge in [-0.1, -0.05) is 41.0 Å². The second-order valence-corrected chi connectivity index (χ2v) is 4.32. The molecule has 0 atom stereocenters. The van der Waals surface area contributed by atoms with Crippen molar-refractivity contribution in [1.29, 1.82) is 0 Å². The van der Waals surface area contributed by atoms with Crippen LogP contribution >= 0.6 is 0 Å². The van der Waals surface area contributed by atoms with E-state index in [0.29, 0.717) is 0 Å². The number of rotatable bonds is 0. The molecule has 0 aromatic heterocycles. The standard InChI is InChI=1S/C6H12O.C4H8O.C3H8.C2H6/c1-6-2-4-7-5-3-6;1-2-4-5-3-1;1-3-2;1-2/h6H,2-5H2,1H3;1-4H2;3H2,1-2H3;1-2H3. The van der Waals surface area contributed by atoms with E-state index < -0.39 is 0 Å². The van der Waals surface area contributed by atoms with Crippen LogP contribution in [0.1, 0.15) is 66.7 Å². The van der Waals surface area contributed by atoms with Crippen LogP contribution < -0.4 is 0 Å². The average Bonchev–Trinajstić information content (AvgIpc) is 2.92. The lowest BCUT2D eigenvalue weighted by atomic mass is 10.0. The van der Waals surface area contributed by atoms with E-state index in [1.165, 1.54) is 32.1 Å². The topological polar surface area (TPSA) is 18.5 Å². The van der Waals surface area contributed by atoms with Crippen molar-refractivity contribution in [3.63, 3.8) is 0 Å². The molecule has 0 amide bonds. The maximum atomic E-state index is 5.14. The minimum Gasteiger partial charge on any atom is -0.381 e. The predicted octanol–water partition coefficient (Wildman–Crippen LogP) is 4.67. The van der Waals surface area contributed by atoms with E-state index in [-0.39, 0.29) is 0 Å². The Hall–Kier alpha value is -0.0800. The molecule has 2 heterocycles. The Balaban J connectivity index is 0. The van der Waals surface area contributed by atoms with Crippen molar-refractivity contribution in [3.05, 3.63) is 0 Å². The first-order chi connectivity index (χ1) is 8.31. The third-order valence-electron chi connectivity index (χ3n) is 2.34. The van der Waals surface area contributed by atoms with Gasteiger partial charge < -0.3 is 9.47 Å². The molecule has 0 N–H and O–H groups in total. The smallest absolute Gasteiger partial charge is 0.0468 e. The van der Waals surface area contributed by atoms with Crippen LogP contribution in [0.4, 0.5) is 0 Å². The van der Waals surface area contributed by atoms with E-state index in [4.69, 9.17) is 9.47 Å². The van der Waals surface area contributed by atoms with Gasteiger partial charge in [-0.2, -0.15) is 0 Å². The van der Waals surface area contributed by atoms with Crippen molar-refractivity contribution in [2.75, 3.05) is 26.4 Å². The molecule has 0 radical (unpaired) electrons. The summed E-state index contributed by atoms with van der Waals surface area (Å²) in [7, 11) is 0. The SMILES string of the molecule is C1CCOC1.CC.CC1CCOCC1.CCC. The number of ether oxygens (including phenoxy) is 2. The molecule has 2 aliphatic rings. The molecule has 17 heavy (non-hydrogen) atoms. The first-order valence-electron chi connectivity index (χ1n) is 7.46. The zero-order valence-corrected chi connectivity index (χ0v) is 12.8. The van der Waals surface area contributed by atoms with Gasteiger partial charge in [0.25, 0.3) is 0 Å². The van der Waals surface area contributed by atoms with Crippen LogP contribution in [-0.2, 0) is 9.47 Å². The Morgan fingerprint density at radius 2 is 1.18 bits per heavy atom. The lowest BCUT2D eigenvalue weighted by molar-refractivity contribution is 0.0716. The molecule has 2 aliphatic heterocycles. The summed E-state index contributed by atoms with van der Waals surface area (Å²) in [6, 6.07) is 0. The van der Waals surface area contributed by atoms with Crippen molar-refractivity contribution >= 4 is 0 Å².